The molecule has 2 N–H and O–H groups in total. The molecule has 0 aromatic heterocycles. The molecule has 3 rings (SSSR count). The summed E-state index contributed by atoms with van der Waals surface area (Å²) in [5.41, 5.74) is -0.423. The molecule has 1 aliphatic carbocycles. The van der Waals surface area contributed by atoms with Gasteiger partial charge in [0.15, 0.2) is 0 Å². The van der Waals surface area contributed by atoms with E-state index in [0.29, 0.717) is 6.04 Å². The van der Waals surface area contributed by atoms with Crippen molar-refractivity contribution in [2.24, 2.45) is 0 Å². The fraction of sp³-hybridized carbons (Fsp3) is 1.00. The number of thioether (sulfide) groups is 1. The molecular formula is C16H30N2OS. The highest BCUT2D eigenvalue weighted by atomic mass is 32.2. The topological polar surface area (TPSA) is 35.5 Å². The van der Waals surface area contributed by atoms with Gasteiger partial charge in [-0.3, -0.25) is 0 Å². The van der Waals surface area contributed by atoms with E-state index in [0.717, 1.165) is 36.9 Å². The van der Waals surface area contributed by atoms with Crippen molar-refractivity contribution >= 4 is 11.8 Å². The molecule has 0 aromatic rings. The van der Waals surface area contributed by atoms with E-state index in [1.165, 1.54) is 51.6 Å². The van der Waals surface area contributed by atoms with Crippen molar-refractivity contribution in [1.29, 1.82) is 0 Å². The van der Waals surface area contributed by atoms with Crippen molar-refractivity contribution in [2.45, 2.75) is 69.1 Å². The first-order valence-corrected chi connectivity index (χ1v) is 9.68. The van der Waals surface area contributed by atoms with E-state index in [4.69, 9.17) is 0 Å². The fourth-order valence-electron chi connectivity index (χ4n) is 4.00. The standard InChI is InChI=1S/C16H30N2OS/c19-16(7-11-20-12-8-16)13-17-14-5-9-18(10-6-14)15-3-1-2-4-15/h14-15,17,19H,1-13H2. The number of nitrogens with zero attached hydrogens (tertiary/aromatic N) is 1. The number of hydrogen-bond acceptors (Lipinski definition) is 4. The van der Waals surface area contributed by atoms with Gasteiger partial charge in [0, 0.05) is 18.6 Å². The van der Waals surface area contributed by atoms with E-state index in [2.05, 4.69) is 10.2 Å². The van der Waals surface area contributed by atoms with Gasteiger partial charge in [-0.25, -0.2) is 0 Å². The maximum absolute atomic E-state index is 10.5. The molecule has 0 amide bonds. The monoisotopic (exact) mass is 298 g/mol. The normalized spacial score (nSPS) is 29.9. The third kappa shape index (κ3) is 3.90. The van der Waals surface area contributed by atoms with Crippen molar-refractivity contribution in [2.75, 3.05) is 31.1 Å². The lowest BCUT2D eigenvalue weighted by atomic mass is 9.95. The molecule has 2 aliphatic heterocycles. The summed E-state index contributed by atoms with van der Waals surface area (Å²) in [6, 6.07) is 1.52. The van der Waals surface area contributed by atoms with Crippen LogP contribution < -0.4 is 5.32 Å². The largest absolute Gasteiger partial charge is 0.389 e. The summed E-state index contributed by atoms with van der Waals surface area (Å²) < 4.78 is 0. The van der Waals surface area contributed by atoms with E-state index in [9.17, 15) is 5.11 Å². The molecular weight excluding hydrogens is 268 g/mol. The lowest BCUT2D eigenvalue weighted by Gasteiger charge is -2.38. The first-order valence-electron chi connectivity index (χ1n) is 8.53. The van der Waals surface area contributed by atoms with Gasteiger partial charge in [-0.1, -0.05) is 12.8 Å². The van der Waals surface area contributed by atoms with Crippen molar-refractivity contribution in [1.82, 2.24) is 10.2 Å². The summed E-state index contributed by atoms with van der Waals surface area (Å²) in [5.74, 6) is 2.25. The van der Waals surface area contributed by atoms with Crippen molar-refractivity contribution in [3.8, 4) is 0 Å². The number of nitrogens with one attached hydrogen (secondary N) is 1. The second kappa shape index (κ2) is 6.99. The molecule has 0 atom stereocenters. The minimum absolute atomic E-state index is 0.423. The zero-order valence-corrected chi connectivity index (χ0v) is 13.5. The van der Waals surface area contributed by atoms with E-state index in [1.807, 2.05) is 11.8 Å². The third-order valence-corrected chi connectivity index (χ3v) is 6.50. The van der Waals surface area contributed by atoms with Gasteiger partial charge in [0.05, 0.1) is 5.60 Å². The molecule has 3 aliphatic rings. The summed E-state index contributed by atoms with van der Waals surface area (Å²) in [6.45, 7) is 3.33. The highest BCUT2D eigenvalue weighted by molar-refractivity contribution is 7.99. The molecule has 0 spiro atoms. The molecule has 0 bridgehead atoms. The summed E-state index contributed by atoms with van der Waals surface area (Å²) >= 11 is 1.98. The molecule has 0 aromatic carbocycles. The average molecular weight is 298 g/mol. The van der Waals surface area contributed by atoms with E-state index < -0.39 is 5.60 Å². The molecule has 20 heavy (non-hydrogen) atoms. The Bertz CT molecular complexity index is 293. The summed E-state index contributed by atoms with van der Waals surface area (Å²) in [5, 5.41) is 14.2. The number of aliphatic hydroxyl groups is 1. The van der Waals surface area contributed by atoms with Gasteiger partial charge in [-0.05, 0) is 63.1 Å². The predicted molar refractivity (Wildman–Crippen MR) is 86.4 cm³/mol. The first-order chi connectivity index (χ1) is 9.75. The van der Waals surface area contributed by atoms with Gasteiger partial charge in [0.25, 0.3) is 0 Å². The zero-order valence-electron chi connectivity index (χ0n) is 12.6. The fourth-order valence-corrected chi connectivity index (χ4v) is 5.25. The second-order valence-corrected chi connectivity index (χ2v) is 8.19. The van der Waals surface area contributed by atoms with Crippen LogP contribution in [0.5, 0.6) is 0 Å². The van der Waals surface area contributed by atoms with E-state index in [1.54, 1.807) is 0 Å². The highest BCUT2D eigenvalue weighted by Crippen LogP contribution is 2.28. The Morgan fingerprint density at radius 1 is 1.05 bits per heavy atom. The van der Waals surface area contributed by atoms with E-state index >= 15 is 0 Å². The summed E-state index contributed by atoms with van der Waals surface area (Å²) in [4.78, 5) is 2.72. The van der Waals surface area contributed by atoms with Crippen LogP contribution in [0.2, 0.25) is 0 Å². The molecule has 116 valence electrons. The lowest BCUT2D eigenvalue weighted by Crippen LogP contribution is -2.51. The minimum atomic E-state index is -0.423. The average Bonchev–Trinajstić information content (AvgIpc) is 3.01. The Labute approximate surface area is 127 Å². The van der Waals surface area contributed by atoms with Crippen LogP contribution in [0.15, 0.2) is 0 Å². The SMILES string of the molecule is OC1(CNC2CCN(C3CCCC3)CC2)CCSCC1. The number of likely N-dealkylation sites (tertiary alicyclic amines) is 1. The van der Waals surface area contributed by atoms with E-state index in [-0.39, 0.29) is 0 Å². The number of rotatable bonds is 4. The van der Waals surface area contributed by atoms with Gasteiger partial charge in [0.2, 0.25) is 0 Å². The molecule has 3 fully saturated rings. The van der Waals surface area contributed by atoms with Crippen LogP contribution in [-0.2, 0) is 0 Å². The molecule has 0 radical (unpaired) electrons. The Morgan fingerprint density at radius 2 is 1.70 bits per heavy atom. The molecule has 2 heterocycles. The number of hydrogen-bond donors (Lipinski definition) is 2. The Balaban J connectivity index is 1.37. The summed E-state index contributed by atoms with van der Waals surface area (Å²) in [7, 11) is 0. The third-order valence-electron chi connectivity index (χ3n) is 5.51. The maximum atomic E-state index is 10.5. The van der Waals surface area contributed by atoms with Gasteiger partial charge < -0.3 is 15.3 Å². The van der Waals surface area contributed by atoms with Crippen LogP contribution in [0.4, 0.5) is 0 Å². The highest BCUT2D eigenvalue weighted by Gasteiger charge is 2.31. The van der Waals surface area contributed by atoms with Crippen LogP contribution in [-0.4, -0.2) is 58.8 Å². The molecule has 0 unspecified atom stereocenters. The van der Waals surface area contributed by atoms with Crippen LogP contribution in [0.3, 0.4) is 0 Å². The van der Waals surface area contributed by atoms with Crippen LogP contribution in [0.1, 0.15) is 51.4 Å². The van der Waals surface area contributed by atoms with Gasteiger partial charge in [-0.2, -0.15) is 11.8 Å². The van der Waals surface area contributed by atoms with Crippen molar-refractivity contribution in [3.05, 3.63) is 0 Å². The first kappa shape index (κ1) is 15.1. The molecule has 3 nitrogen and oxygen atoms in total. The van der Waals surface area contributed by atoms with Crippen LogP contribution in [0.25, 0.3) is 0 Å². The van der Waals surface area contributed by atoms with Crippen LogP contribution in [0, 0.1) is 0 Å². The Morgan fingerprint density at radius 3 is 2.35 bits per heavy atom. The zero-order chi connectivity index (χ0) is 13.8. The minimum Gasteiger partial charge on any atom is -0.389 e. The number of piperidine rings is 1. The Kier molecular flexibility index (Phi) is 5.29. The van der Waals surface area contributed by atoms with Gasteiger partial charge in [0.1, 0.15) is 0 Å². The quantitative estimate of drug-likeness (QED) is 0.834. The van der Waals surface area contributed by atoms with Crippen molar-refractivity contribution < 1.29 is 5.11 Å². The molecule has 2 saturated heterocycles. The second-order valence-electron chi connectivity index (χ2n) is 6.97. The molecule has 1 saturated carbocycles. The molecule has 4 heteroatoms. The van der Waals surface area contributed by atoms with Gasteiger partial charge in [-0.15, -0.1) is 0 Å². The lowest BCUT2D eigenvalue weighted by molar-refractivity contribution is 0.0260. The maximum Gasteiger partial charge on any atom is 0.0787 e. The smallest absolute Gasteiger partial charge is 0.0787 e. The Hall–Kier alpha value is 0.230. The van der Waals surface area contributed by atoms with Crippen LogP contribution >= 0.6 is 11.8 Å². The van der Waals surface area contributed by atoms with Gasteiger partial charge >= 0.3 is 0 Å². The van der Waals surface area contributed by atoms with Crippen molar-refractivity contribution in [3.63, 3.8) is 0 Å². The summed E-state index contributed by atoms with van der Waals surface area (Å²) in [6.07, 6.45) is 10.2. The predicted octanol–water partition coefficient (Wildman–Crippen LogP) is 2.24.